The number of rotatable bonds is 9. The van der Waals surface area contributed by atoms with E-state index in [1.165, 1.54) is 5.56 Å². The molecule has 1 saturated heterocycles. The lowest BCUT2D eigenvalue weighted by atomic mass is 10.2. The zero-order valence-electron chi connectivity index (χ0n) is 16.4. The predicted octanol–water partition coefficient (Wildman–Crippen LogP) is 1.48. The summed E-state index contributed by atoms with van der Waals surface area (Å²) in [4.78, 5) is 6.74. The molecule has 1 aromatic carbocycles. The average Bonchev–Trinajstić information content (AvgIpc) is 3.10. The molecule has 0 bridgehead atoms. The standard InChI is InChI=1S/C19H32N4O3/c1-20-19(21-7-5-9-24-2)22-16-6-8-23(14-16)13-15-10-17(25-3)12-18(11-15)26-4/h10-12,16H,5-9,13-14H2,1-4H3,(H2,20,21,22). The first-order chi connectivity index (χ1) is 12.7. The Balaban J connectivity index is 1.82. The molecule has 1 aliphatic rings. The van der Waals surface area contributed by atoms with Gasteiger partial charge in [0.25, 0.3) is 0 Å². The van der Waals surface area contributed by atoms with Crippen molar-refractivity contribution >= 4 is 5.96 Å². The zero-order chi connectivity index (χ0) is 18.8. The highest BCUT2D eigenvalue weighted by Gasteiger charge is 2.23. The molecule has 1 unspecified atom stereocenters. The number of methoxy groups -OCH3 is 3. The fraction of sp³-hybridized carbons (Fsp3) is 0.632. The highest BCUT2D eigenvalue weighted by Crippen LogP contribution is 2.24. The number of aliphatic imine (C=N–C) groups is 1. The fourth-order valence-electron chi connectivity index (χ4n) is 3.12. The Bertz CT molecular complexity index is 558. The second kappa shape index (κ2) is 10.9. The molecule has 146 valence electrons. The minimum atomic E-state index is 0.399. The first kappa shape index (κ1) is 20.3. The van der Waals surface area contributed by atoms with Gasteiger partial charge in [0.2, 0.25) is 0 Å². The van der Waals surface area contributed by atoms with Crippen LogP contribution in [0.25, 0.3) is 0 Å². The van der Waals surface area contributed by atoms with E-state index in [1.807, 2.05) is 6.07 Å². The van der Waals surface area contributed by atoms with Crippen LogP contribution >= 0.6 is 0 Å². The first-order valence-corrected chi connectivity index (χ1v) is 9.09. The van der Waals surface area contributed by atoms with Crippen molar-refractivity contribution in [2.45, 2.75) is 25.4 Å². The molecule has 26 heavy (non-hydrogen) atoms. The first-order valence-electron chi connectivity index (χ1n) is 9.09. The van der Waals surface area contributed by atoms with Gasteiger partial charge in [0.1, 0.15) is 11.5 Å². The molecule has 0 spiro atoms. The van der Waals surface area contributed by atoms with Crippen LogP contribution in [0.4, 0.5) is 0 Å². The SMILES string of the molecule is CN=C(NCCCOC)NC1CCN(Cc2cc(OC)cc(OC)c2)C1. The molecule has 7 nitrogen and oxygen atoms in total. The Morgan fingerprint density at radius 1 is 1.19 bits per heavy atom. The van der Waals surface area contributed by atoms with E-state index in [1.54, 1.807) is 28.4 Å². The largest absolute Gasteiger partial charge is 0.497 e. The lowest BCUT2D eigenvalue weighted by molar-refractivity contribution is 0.195. The third-order valence-corrected chi connectivity index (χ3v) is 4.47. The van der Waals surface area contributed by atoms with Gasteiger partial charge in [-0.1, -0.05) is 0 Å². The van der Waals surface area contributed by atoms with E-state index in [4.69, 9.17) is 14.2 Å². The van der Waals surface area contributed by atoms with Crippen molar-refractivity contribution in [2.75, 3.05) is 54.6 Å². The van der Waals surface area contributed by atoms with Crippen LogP contribution in [0.5, 0.6) is 11.5 Å². The van der Waals surface area contributed by atoms with Crippen LogP contribution < -0.4 is 20.1 Å². The second-order valence-corrected chi connectivity index (χ2v) is 6.43. The van der Waals surface area contributed by atoms with Gasteiger partial charge in [0, 0.05) is 59.1 Å². The second-order valence-electron chi connectivity index (χ2n) is 6.43. The van der Waals surface area contributed by atoms with Crippen molar-refractivity contribution in [3.05, 3.63) is 23.8 Å². The summed E-state index contributed by atoms with van der Waals surface area (Å²) < 4.78 is 15.8. The fourth-order valence-corrected chi connectivity index (χ4v) is 3.12. The molecule has 0 aliphatic carbocycles. The molecule has 1 fully saturated rings. The van der Waals surface area contributed by atoms with Gasteiger partial charge >= 0.3 is 0 Å². The zero-order valence-corrected chi connectivity index (χ0v) is 16.4. The lowest BCUT2D eigenvalue weighted by Gasteiger charge is -2.19. The number of likely N-dealkylation sites (tertiary alicyclic amines) is 1. The van der Waals surface area contributed by atoms with Crippen molar-refractivity contribution < 1.29 is 14.2 Å². The summed E-state index contributed by atoms with van der Waals surface area (Å²) in [5.41, 5.74) is 1.20. The van der Waals surface area contributed by atoms with Crippen LogP contribution in [0.15, 0.2) is 23.2 Å². The summed E-state index contributed by atoms with van der Waals surface area (Å²) in [6.07, 6.45) is 2.06. The van der Waals surface area contributed by atoms with Crippen LogP contribution in [0.1, 0.15) is 18.4 Å². The van der Waals surface area contributed by atoms with Crippen LogP contribution in [0.2, 0.25) is 0 Å². The van der Waals surface area contributed by atoms with Gasteiger partial charge in [-0.2, -0.15) is 0 Å². The Hall–Kier alpha value is -1.99. The maximum absolute atomic E-state index is 5.36. The number of hydrogen-bond donors (Lipinski definition) is 2. The molecule has 0 aromatic heterocycles. The van der Waals surface area contributed by atoms with E-state index in [0.29, 0.717) is 6.04 Å². The minimum absolute atomic E-state index is 0.399. The summed E-state index contributed by atoms with van der Waals surface area (Å²) >= 11 is 0. The number of nitrogens with one attached hydrogen (secondary N) is 2. The summed E-state index contributed by atoms with van der Waals surface area (Å²) in [5, 5.41) is 6.84. The van der Waals surface area contributed by atoms with E-state index in [2.05, 4.69) is 32.7 Å². The molecule has 1 aromatic rings. The number of guanidine groups is 1. The number of hydrogen-bond acceptors (Lipinski definition) is 5. The third kappa shape index (κ3) is 6.38. The Labute approximate surface area is 156 Å². The maximum Gasteiger partial charge on any atom is 0.191 e. The van der Waals surface area contributed by atoms with Crippen molar-refractivity contribution in [1.82, 2.24) is 15.5 Å². The molecule has 2 N–H and O–H groups in total. The molecule has 1 atom stereocenters. The maximum atomic E-state index is 5.36. The normalized spacial score (nSPS) is 18.0. The highest BCUT2D eigenvalue weighted by molar-refractivity contribution is 5.79. The minimum Gasteiger partial charge on any atom is -0.497 e. The van der Waals surface area contributed by atoms with Gasteiger partial charge in [0.15, 0.2) is 5.96 Å². The summed E-state index contributed by atoms with van der Waals surface area (Å²) in [6, 6.07) is 6.44. The van der Waals surface area contributed by atoms with E-state index < -0.39 is 0 Å². The van der Waals surface area contributed by atoms with Gasteiger partial charge in [-0.3, -0.25) is 9.89 Å². The third-order valence-electron chi connectivity index (χ3n) is 4.47. The van der Waals surface area contributed by atoms with Gasteiger partial charge in [-0.15, -0.1) is 0 Å². The Morgan fingerprint density at radius 3 is 2.54 bits per heavy atom. The highest BCUT2D eigenvalue weighted by atomic mass is 16.5. The van der Waals surface area contributed by atoms with Crippen molar-refractivity contribution in [3.8, 4) is 11.5 Å². The number of nitrogens with zero attached hydrogens (tertiary/aromatic N) is 2. The molecular formula is C19H32N4O3. The van der Waals surface area contributed by atoms with Crippen molar-refractivity contribution in [1.29, 1.82) is 0 Å². The van der Waals surface area contributed by atoms with E-state index in [0.717, 1.165) is 63.1 Å². The van der Waals surface area contributed by atoms with Crippen LogP contribution in [0.3, 0.4) is 0 Å². The molecule has 1 heterocycles. The van der Waals surface area contributed by atoms with Crippen molar-refractivity contribution in [3.63, 3.8) is 0 Å². The molecule has 0 radical (unpaired) electrons. The topological polar surface area (TPSA) is 67.4 Å². The molecule has 1 aliphatic heterocycles. The van der Waals surface area contributed by atoms with Gasteiger partial charge in [-0.25, -0.2) is 0 Å². The smallest absolute Gasteiger partial charge is 0.191 e. The van der Waals surface area contributed by atoms with Gasteiger partial charge in [-0.05, 0) is 30.5 Å². The van der Waals surface area contributed by atoms with Crippen molar-refractivity contribution in [2.24, 2.45) is 4.99 Å². The van der Waals surface area contributed by atoms with Gasteiger partial charge in [0.05, 0.1) is 14.2 Å². The van der Waals surface area contributed by atoms with E-state index in [-0.39, 0.29) is 0 Å². The average molecular weight is 364 g/mol. The number of benzene rings is 1. The van der Waals surface area contributed by atoms with Gasteiger partial charge < -0.3 is 24.8 Å². The summed E-state index contributed by atoms with van der Waals surface area (Å²) in [5.74, 6) is 2.51. The molecule has 0 amide bonds. The lowest BCUT2D eigenvalue weighted by Crippen LogP contribution is -2.44. The predicted molar refractivity (Wildman–Crippen MR) is 104 cm³/mol. The quantitative estimate of drug-likeness (QED) is 0.393. The summed E-state index contributed by atoms with van der Waals surface area (Å²) in [7, 11) is 6.89. The summed E-state index contributed by atoms with van der Waals surface area (Å²) in [6.45, 7) is 4.53. The Morgan fingerprint density at radius 2 is 1.92 bits per heavy atom. The molecular weight excluding hydrogens is 332 g/mol. The molecule has 7 heteroatoms. The van der Waals surface area contributed by atoms with Crippen LogP contribution in [-0.4, -0.2) is 71.5 Å². The molecule has 0 saturated carbocycles. The van der Waals surface area contributed by atoms with Crippen LogP contribution in [-0.2, 0) is 11.3 Å². The van der Waals surface area contributed by atoms with E-state index in [9.17, 15) is 0 Å². The van der Waals surface area contributed by atoms with E-state index >= 15 is 0 Å². The van der Waals surface area contributed by atoms with Crippen LogP contribution in [0, 0.1) is 0 Å². The number of ether oxygens (including phenoxy) is 3. The Kier molecular flexibility index (Phi) is 8.50. The molecule has 2 rings (SSSR count). The monoisotopic (exact) mass is 364 g/mol.